The highest BCUT2D eigenvalue weighted by Crippen LogP contribution is 2.15. The molecule has 0 saturated carbocycles. The summed E-state index contributed by atoms with van der Waals surface area (Å²) < 4.78 is 1.14. The summed E-state index contributed by atoms with van der Waals surface area (Å²) in [5.74, 6) is 1.42. The number of hydrogen-bond acceptors (Lipinski definition) is 2. The lowest BCUT2D eigenvalue weighted by Crippen LogP contribution is -2.34. The van der Waals surface area contributed by atoms with Crippen LogP contribution in [0.5, 0.6) is 0 Å². The third kappa shape index (κ3) is 5.51. The highest BCUT2D eigenvalue weighted by atomic mass is 79.9. The van der Waals surface area contributed by atoms with E-state index in [-0.39, 0.29) is 0 Å². The largest absolute Gasteiger partial charge is 0.319 e. The monoisotopic (exact) mass is 312 g/mol. The maximum Gasteiger partial charge on any atom is 0.0230 e. The average molecular weight is 313 g/mol. The minimum absolute atomic E-state index is 0.704. The Labute approximate surface area is 120 Å². The Kier molecular flexibility index (Phi) is 6.90. The van der Waals surface area contributed by atoms with Crippen molar-refractivity contribution in [2.24, 2.45) is 11.8 Å². The number of nitrogens with one attached hydrogen (secondary N) is 1. The Balaban J connectivity index is 2.49. The molecule has 0 aromatic heterocycles. The van der Waals surface area contributed by atoms with Crippen LogP contribution in [0.15, 0.2) is 28.7 Å². The number of halogens is 1. The maximum absolute atomic E-state index is 3.47. The summed E-state index contributed by atoms with van der Waals surface area (Å²) in [6.45, 7) is 7.84. The minimum atomic E-state index is 0.704. The molecule has 0 aliphatic rings. The van der Waals surface area contributed by atoms with Crippen LogP contribution < -0.4 is 5.32 Å². The summed E-state index contributed by atoms with van der Waals surface area (Å²) >= 11 is 3.47. The van der Waals surface area contributed by atoms with Crippen LogP contribution in [-0.4, -0.2) is 32.1 Å². The predicted octanol–water partition coefficient (Wildman–Crippen LogP) is 3.37. The zero-order valence-electron chi connectivity index (χ0n) is 11.9. The maximum atomic E-state index is 3.47. The smallest absolute Gasteiger partial charge is 0.0230 e. The van der Waals surface area contributed by atoms with Crippen LogP contribution >= 0.6 is 15.9 Å². The molecule has 2 nitrogen and oxygen atoms in total. The van der Waals surface area contributed by atoms with Crippen molar-refractivity contribution in [3.05, 3.63) is 34.3 Å². The van der Waals surface area contributed by atoms with Crippen LogP contribution in [0.1, 0.15) is 19.4 Å². The average Bonchev–Trinajstić information content (AvgIpc) is 2.31. The van der Waals surface area contributed by atoms with Crippen molar-refractivity contribution in [1.82, 2.24) is 10.2 Å². The number of hydrogen-bond donors (Lipinski definition) is 1. The summed E-state index contributed by atoms with van der Waals surface area (Å²) in [7, 11) is 4.23. The second-order valence-corrected chi connectivity index (χ2v) is 6.30. The summed E-state index contributed by atoms with van der Waals surface area (Å²) in [5, 5.41) is 3.29. The molecule has 102 valence electrons. The van der Waals surface area contributed by atoms with Gasteiger partial charge >= 0.3 is 0 Å². The molecule has 1 aromatic carbocycles. The quantitative estimate of drug-likeness (QED) is 0.830. The van der Waals surface area contributed by atoms with E-state index < -0.39 is 0 Å². The van der Waals surface area contributed by atoms with Gasteiger partial charge in [-0.05, 0) is 50.2 Å². The van der Waals surface area contributed by atoms with E-state index in [1.165, 1.54) is 5.56 Å². The van der Waals surface area contributed by atoms with Gasteiger partial charge in [0.05, 0.1) is 0 Å². The van der Waals surface area contributed by atoms with E-state index in [1.807, 2.05) is 7.05 Å². The Morgan fingerprint density at radius 3 is 2.33 bits per heavy atom. The lowest BCUT2D eigenvalue weighted by molar-refractivity contribution is 0.227. The first-order valence-electron chi connectivity index (χ1n) is 6.60. The molecule has 0 bridgehead atoms. The van der Waals surface area contributed by atoms with Crippen LogP contribution in [0, 0.1) is 11.8 Å². The van der Waals surface area contributed by atoms with E-state index in [2.05, 4.69) is 71.3 Å². The second-order valence-electron chi connectivity index (χ2n) is 5.38. The van der Waals surface area contributed by atoms with Crippen molar-refractivity contribution in [3.63, 3.8) is 0 Å². The van der Waals surface area contributed by atoms with Crippen molar-refractivity contribution in [3.8, 4) is 0 Å². The van der Waals surface area contributed by atoms with Gasteiger partial charge in [-0.25, -0.2) is 0 Å². The van der Waals surface area contributed by atoms with Gasteiger partial charge < -0.3 is 10.2 Å². The normalized spacial score (nSPS) is 13.3. The van der Waals surface area contributed by atoms with Crippen molar-refractivity contribution in [1.29, 1.82) is 0 Å². The highest BCUT2D eigenvalue weighted by Gasteiger charge is 2.14. The molecule has 0 radical (unpaired) electrons. The summed E-state index contributed by atoms with van der Waals surface area (Å²) in [5.41, 5.74) is 1.37. The first-order chi connectivity index (χ1) is 8.52. The van der Waals surface area contributed by atoms with E-state index in [0.29, 0.717) is 11.8 Å². The molecule has 0 aliphatic carbocycles. The van der Waals surface area contributed by atoms with Gasteiger partial charge in [0, 0.05) is 17.6 Å². The SMILES string of the molecule is CNCC(CN(C)Cc1ccc(Br)cc1)C(C)C. The zero-order valence-corrected chi connectivity index (χ0v) is 13.5. The molecular formula is C15H25BrN2. The summed E-state index contributed by atoms with van der Waals surface area (Å²) in [4.78, 5) is 2.41. The topological polar surface area (TPSA) is 15.3 Å². The number of rotatable bonds is 7. The molecular weight excluding hydrogens is 288 g/mol. The van der Waals surface area contributed by atoms with E-state index in [4.69, 9.17) is 0 Å². The molecule has 1 aromatic rings. The summed E-state index contributed by atoms with van der Waals surface area (Å²) in [6, 6.07) is 8.58. The standard InChI is InChI=1S/C15H25BrN2/c1-12(2)14(9-17-3)11-18(4)10-13-5-7-15(16)8-6-13/h5-8,12,14,17H,9-11H2,1-4H3. The molecule has 1 N–H and O–H groups in total. The van der Waals surface area contributed by atoms with Crippen LogP contribution in [-0.2, 0) is 6.54 Å². The van der Waals surface area contributed by atoms with Crippen LogP contribution in [0.2, 0.25) is 0 Å². The Morgan fingerprint density at radius 2 is 1.83 bits per heavy atom. The molecule has 0 aliphatic heterocycles. The first-order valence-corrected chi connectivity index (χ1v) is 7.39. The van der Waals surface area contributed by atoms with E-state index in [0.717, 1.165) is 24.1 Å². The van der Waals surface area contributed by atoms with Gasteiger partial charge in [-0.15, -0.1) is 0 Å². The Hall–Kier alpha value is -0.380. The van der Waals surface area contributed by atoms with Crippen LogP contribution in [0.3, 0.4) is 0 Å². The van der Waals surface area contributed by atoms with Gasteiger partial charge in [-0.2, -0.15) is 0 Å². The van der Waals surface area contributed by atoms with Crippen molar-refractivity contribution < 1.29 is 0 Å². The van der Waals surface area contributed by atoms with Crippen molar-refractivity contribution in [2.45, 2.75) is 20.4 Å². The van der Waals surface area contributed by atoms with Gasteiger partial charge in [0.15, 0.2) is 0 Å². The van der Waals surface area contributed by atoms with Gasteiger partial charge in [-0.1, -0.05) is 41.9 Å². The van der Waals surface area contributed by atoms with Gasteiger partial charge in [0.1, 0.15) is 0 Å². The predicted molar refractivity (Wildman–Crippen MR) is 82.7 cm³/mol. The molecule has 18 heavy (non-hydrogen) atoms. The van der Waals surface area contributed by atoms with Crippen LogP contribution in [0.25, 0.3) is 0 Å². The van der Waals surface area contributed by atoms with E-state index in [1.54, 1.807) is 0 Å². The molecule has 0 fully saturated rings. The van der Waals surface area contributed by atoms with Crippen LogP contribution in [0.4, 0.5) is 0 Å². The highest BCUT2D eigenvalue weighted by molar-refractivity contribution is 9.10. The van der Waals surface area contributed by atoms with E-state index in [9.17, 15) is 0 Å². The van der Waals surface area contributed by atoms with Gasteiger partial charge in [0.2, 0.25) is 0 Å². The van der Waals surface area contributed by atoms with Crippen molar-refractivity contribution in [2.75, 3.05) is 27.2 Å². The summed E-state index contributed by atoms with van der Waals surface area (Å²) in [6.07, 6.45) is 0. The Bertz CT molecular complexity index is 335. The van der Waals surface area contributed by atoms with Gasteiger partial charge in [-0.3, -0.25) is 0 Å². The Morgan fingerprint density at radius 1 is 1.22 bits per heavy atom. The molecule has 3 heteroatoms. The molecule has 1 atom stereocenters. The zero-order chi connectivity index (χ0) is 13.5. The number of benzene rings is 1. The number of nitrogens with zero attached hydrogens (tertiary/aromatic N) is 1. The molecule has 0 amide bonds. The lowest BCUT2D eigenvalue weighted by Gasteiger charge is -2.26. The van der Waals surface area contributed by atoms with Crippen molar-refractivity contribution >= 4 is 15.9 Å². The van der Waals surface area contributed by atoms with E-state index >= 15 is 0 Å². The molecule has 0 heterocycles. The molecule has 1 rings (SSSR count). The lowest BCUT2D eigenvalue weighted by atomic mass is 9.95. The van der Waals surface area contributed by atoms with Gasteiger partial charge in [0.25, 0.3) is 0 Å². The third-order valence-corrected chi connectivity index (χ3v) is 3.85. The molecule has 1 unspecified atom stereocenters. The fraction of sp³-hybridized carbons (Fsp3) is 0.600. The second kappa shape index (κ2) is 7.93. The third-order valence-electron chi connectivity index (χ3n) is 3.32. The minimum Gasteiger partial charge on any atom is -0.319 e. The molecule has 0 spiro atoms. The first kappa shape index (κ1) is 15.7. The fourth-order valence-electron chi connectivity index (χ4n) is 2.14. The molecule has 0 saturated heterocycles. The fourth-order valence-corrected chi connectivity index (χ4v) is 2.40.